The van der Waals surface area contributed by atoms with Crippen LogP contribution in [0.4, 0.5) is 0 Å². The zero-order valence-electron chi connectivity index (χ0n) is 7.79. The lowest BCUT2D eigenvalue weighted by molar-refractivity contribution is 0.126. The van der Waals surface area contributed by atoms with Gasteiger partial charge in [0, 0.05) is 5.56 Å². The van der Waals surface area contributed by atoms with Crippen LogP contribution in [0.15, 0.2) is 12.1 Å². The summed E-state index contributed by atoms with van der Waals surface area (Å²) in [5.74, 6) is 0.203. The van der Waals surface area contributed by atoms with Gasteiger partial charge in [-0.2, -0.15) is 0 Å². The molecule has 3 nitrogen and oxygen atoms in total. The number of phenols is 1. The van der Waals surface area contributed by atoms with Gasteiger partial charge < -0.3 is 14.9 Å². The monoisotopic (exact) mass is 192 g/mol. The predicted molar refractivity (Wildman–Crippen MR) is 49.7 cm³/mol. The Labute approximate surface area is 81.9 Å². The molecule has 1 aliphatic heterocycles. The number of aliphatic hydroxyl groups is 1. The molecule has 0 saturated heterocycles. The van der Waals surface area contributed by atoms with Crippen molar-refractivity contribution < 1.29 is 14.9 Å². The molecule has 0 spiro atoms. The number of rotatable bonds is 1. The molecule has 1 fully saturated rings. The molecule has 1 aliphatic carbocycles. The molecule has 0 bridgehead atoms. The van der Waals surface area contributed by atoms with Crippen molar-refractivity contribution in [2.45, 2.75) is 31.7 Å². The van der Waals surface area contributed by atoms with Crippen molar-refractivity contribution in [3.63, 3.8) is 0 Å². The molecule has 74 valence electrons. The van der Waals surface area contributed by atoms with Gasteiger partial charge in [-0.25, -0.2) is 0 Å². The van der Waals surface area contributed by atoms with E-state index in [4.69, 9.17) is 4.74 Å². The Balaban J connectivity index is 2.21. The molecule has 1 aromatic carbocycles. The van der Waals surface area contributed by atoms with Crippen LogP contribution in [0.2, 0.25) is 0 Å². The van der Waals surface area contributed by atoms with Crippen LogP contribution >= 0.6 is 0 Å². The second-order valence-corrected chi connectivity index (χ2v) is 4.12. The van der Waals surface area contributed by atoms with Crippen molar-refractivity contribution in [1.82, 2.24) is 0 Å². The van der Waals surface area contributed by atoms with Gasteiger partial charge in [-0.05, 0) is 30.0 Å². The van der Waals surface area contributed by atoms with Gasteiger partial charge in [0.05, 0.1) is 18.8 Å². The summed E-state index contributed by atoms with van der Waals surface area (Å²) < 4.78 is 5.31. The van der Waals surface area contributed by atoms with Gasteiger partial charge in [-0.3, -0.25) is 0 Å². The topological polar surface area (TPSA) is 49.7 Å². The maximum Gasteiger partial charge on any atom is 0.122 e. The van der Waals surface area contributed by atoms with Gasteiger partial charge in [0.2, 0.25) is 0 Å². The molecule has 2 N–H and O–H groups in total. The number of phenolic OH excluding ortho intramolecular Hbond substituents is 1. The molecule has 0 radical (unpaired) electrons. The normalized spacial score (nSPS) is 22.1. The van der Waals surface area contributed by atoms with Crippen LogP contribution in [0, 0.1) is 0 Å². The van der Waals surface area contributed by atoms with Crippen LogP contribution < -0.4 is 0 Å². The average Bonchev–Trinajstić information content (AvgIpc) is 2.74. The summed E-state index contributed by atoms with van der Waals surface area (Å²) in [6, 6.07) is 3.52. The van der Waals surface area contributed by atoms with E-state index in [0.29, 0.717) is 18.8 Å². The van der Waals surface area contributed by atoms with E-state index in [9.17, 15) is 10.2 Å². The third kappa shape index (κ3) is 0.996. The SMILES string of the molecule is Oc1ccc2c(c1C1(O)CC1)COC2. The zero-order valence-corrected chi connectivity index (χ0v) is 7.79. The fraction of sp³-hybridized carbons (Fsp3) is 0.455. The van der Waals surface area contributed by atoms with Crippen molar-refractivity contribution >= 4 is 0 Å². The van der Waals surface area contributed by atoms with E-state index < -0.39 is 5.60 Å². The summed E-state index contributed by atoms with van der Waals surface area (Å²) in [5, 5.41) is 19.8. The van der Waals surface area contributed by atoms with Crippen molar-refractivity contribution in [3.05, 3.63) is 28.8 Å². The molecule has 3 rings (SSSR count). The fourth-order valence-corrected chi connectivity index (χ4v) is 2.13. The highest BCUT2D eigenvalue weighted by Crippen LogP contribution is 2.51. The minimum atomic E-state index is -0.775. The first-order valence-electron chi connectivity index (χ1n) is 4.85. The smallest absolute Gasteiger partial charge is 0.122 e. The summed E-state index contributed by atoms with van der Waals surface area (Å²) in [7, 11) is 0. The third-order valence-electron chi connectivity index (χ3n) is 3.08. The van der Waals surface area contributed by atoms with Gasteiger partial charge >= 0.3 is 0 Å². The first-order valence-corrected chi connectivity index (χ1v) is 4.85. The summed E-state index contributed by atoms with van der Waals surface area (Å²) in [4.78, 5) is 0. The molecule has 1 heterocycles. The first kappa shape index (κ1) is 8.26. The number of fused-ring (bicyclic) bond motifs is 1. The Hall–Kier alpha value is -1.06. The van der Waals surface area contributed by atoms with E-state index in [1.54, 1.807) is 6.07 Å². The van der Waals surface area contributed by atoms with Gasteiger partial charge in [0.15, 0.2) is 0 Å². The van der Waals surface area contributed by atoms with Gasteiger partial charge in [0.25, 0.3) is 0 Å². The highest BCUT2D eigenvalue weighted by molar-refractivity contribution is 5.50. The Bertz CT molecular complexity index is 394. The van der Waals surface area contributed by atoms with Crippen LogP contribution in [0.3, 0.4) is 0 Å². The summed E-state index contributed by atoms with van der Waals surface area (Å²) >= 11 is 0. The molecule has 1 aromatic rings. The molecular weight excluding hydrogens is 180 g/mol. The quantitative estimate of drug-likeness (QED) is 0.707. The predicted octanol–water partition coefficient (Wildman–Crippen LogP) is 1.40. The molecule has 14 heavy (non-hydrogen) atoms. The number of benzene rings is 1. The second-order valence-electron chi connectivity index (χ2n) is 4.12. The van der Waals surface area contributed by atoms with Crippen LogP contribution in [0.5, 0.6) is 5.75 Å². The average molecular weight is 192 g/mol. The number of hydrogen-bond acceptors (Lipinski definition) is 3. The largest absolute Gasteiger partial charge is 0.508 e. The van der Waals surface area contributed by atoms with E-state index in [0.717, 1.165) is 24.0 Å². The van der Waals surface area contributed by atoms with Crippen LogP contribution in [-0.4, -0.2) is 10.2 Å². The Kier molecular flexibility index (Phi) is 1.47. The second kappa shape index (κ2) is 2.49. The lowest BCUT2D eigenvalue weighted by atomic mass is 9.96. The van der Waals surface area contributed by atoms with Crippen molar-refractivity contribution in [2.75, 3.05) is 0 Å². The zero-order chi connectivity index (χ0) is 9.76. The summed E-state index contributed by atoms with van der Waals surface area (Å²) in [6.45, 7) is 1.11. The Morgan fingerprint density at radius 1 is 1.21 bits per heavy atom. The maximum atomic E-state index is 10.0. The van der Waals surface area contributed by atoms with Crippen LogP contribution in [-0.2, 0) is 23.6 Å². The van der Waals surface area contributed by atoms with Gasteiger partial charge in [0.1, 0.15) is 5.75 Å². The highest BCUT2D eigenvalue weighted by Gasteiger charge is 2.46. The van der Waals surface area contributed by atoms with E-state index in [2.05, 4.69) is 0 Å². The minimum Gasteiger partial charge on any atom is -0.508 e. The van der Waals surface area contributed by atoms with Crippen molar-refractivity contribution in [2.24, 2.45) is 0 Å². The molecule has 1 saturated carbocycles. The molecule has 0 unspecified atom stereocenters. The van der Waals surface area contributed by atoms with E-state index in [-0.39, 0.29) is 5.75 Å². The summed E-state index contributed by atoms with van der Waals surface area (Å²) in [6.07, 6.45) is 1.49. The van der Waals surface area contributed by atoms with E-state index in [1.807, 2.05) is 6.07 Å². The molecular formula is C11H12O3. The lowest BCUT2D eigenvalue weighted by Gasteiger charge is -2.14. The fourth-order valence-electron chi connectivity index (χ4n) is 2.13. The molecule has 0 amide bonds. The van der Waals surface area contributed by atoms with Crippen molar-refractivity contribution in [3.8, 4) is 5.75 Å². The van der Waals surface area contributed by atoms with E-state index in [1.165, 1.54) is 0 Å². The molecule has 0 atom stereocenters. The maximum absolute atomic E-state index is 10.0. The van der Waals surface area contributed by atoms with Gasteiger partial charge in [-0.15, -0.1) is 0 Å². The lowest BCUT2D eigenvalue weighted by Crippen LogP contribution is -2.08. The molecule has 2 aliphatic rings. The van der Waals surface area contributed by atoms with Crippen molar-refractivity contribution in [1.29, 1.82) is 0 Å². The highest BCUT2D eigenvalue weighted by atomic mass is 16.5. The van der Waals surface area contributed by atoms with Crippen LogP contribution in [0.25, 0.3) is 0 Å². The molecule has 3 heteroatoms. The van der Waals surface area contributed by atoms with Gasteiger partial charge in [-0.1, -0.05) is 6.07 Å². The Morgan fingerprint density at radius 3 is 2.71 bits per heavy atom. The van der Waals surface area contributed by atoms with E-state index >= 15 is 0 Å². The first-order chi connectivity index (χ1) is 6.71. The Morgan fingerprint density at radius 2 is 2.00 bits per heavy atom. The summed E-state index contributed by atoms with van der Waals surface area (Å²) in [5.41, 5.74) is 2.01. The minimum absolute atomic E-state index is 0.203. The standard InChI is InChI=1S/C11H12O3/c12-9-2-1-7-5-14-6-8(7)10(9)11(13)3-4-11/h1-2,12-13H,3-6H2. The number of aromatic hydroxyl groups is 1. The van der Waals surface area contributed by atoms with Crippen LogP contribution in [0.1, 0.15) is 29.5 Å². The number of ether oxygens (including phenoxy) is 1. The number of hydrogen-bond donors (Lipinski definition) is 2. The molecule has 0 aromatic heterocycles. The third-order valence-corrected chi connectivity index (χ3v) is 3.08.